The van der Waals surface area contributed by atoms with Crippen LogP contribution in [0, 0.1) is 0 Å². The van der Waals surface area contributed by atoms with Gasteiger partial charge >= 0.3 is 18.0 Å². The van der Waals surface area contributed by atoms with Gasteiger partial charge in [-0.25, -0.2) is 9.59 Å². The molecule has 0 aliphatic heterocycles. The van der Waals surface area contributed by atoms with E-state index in [1.165, 1.54) is 0 Å². The van der Waals surface area contributed by atoms with Crippen molar-refractivity contribution in [3.05, 3.63) is 59.7 Å². The van der Waals surface area contributed by atoms with E-state index in [4.69, 9.17) is 9.47 Å². The van der Waals surface area contributed by atoms with Gasteiger partial charge in [-0.3, -0.25) is 14.4 Å². The molecule has 3 amide bonds. The highest BCUT2D eigenvalue weighted by Gasteiger charge is 2.29. The monoisotopic (exact) mass is 539 g/mol. The first-order valence-electron chi connectivity index (χ1n) is 12.8. The average Bonchev–Trinajstić information content (AvgIpc) is 3.25. The second-order valence-electron chi connectivity index (χ2n) is 9.03. The van der Waals surface area contributed by atoms with E-state index in [1.54, 1.807) is 0 Å². The zero-order chi connectivity index (χ0) is 28.2. The molecule has 0 aromatic heterocycles. The second kappa shape index (κ2) is 14.5. The molecule has 1 unspecified atom stereocenters. The molecule has 0 bridgehead atoms. The number of carboxylic acids is 1. The molecular formula is C28H33N3O8. The number of alkyl carbamates (subject to hydrolysis) is 1. The Kier molecular flexibility index (Phi) is 10.8. The molecule has 1 aliphatic rings. The van der Waals surface area contributed by atoms with Crippen molar-refractivity contribution in [3.8, 4) is 11.1 Å². The maximum absolute atomic E-state index is 12.3. The van der Waals surface area contributed by atoms with Crippen LogP contribution in [0.5, 0.6) is 0 Å². The molecule has 1 aliphatic carbocycles. The summed E-state index contributed by atoms with van der Waals surface area (Å²) in [6, 6.07) is 14.4. The first-order valence-corrected chi connectivity index (χ1v) is 12.8. The molecule has 0 fully saturated rings. The largest absolute Gasteiger partial charge is 0.480 e. The van der Waals surface area contributed by atoms with Crippen LogP contribution in [0.1, 0.15) is 49.7 Å². The fourth-order valence-electron chi connectivity index (χ4n) is 4.22. The summed E-state index contributed by atoms with van der Waals surface area (Å²) in [4.78, 5) is 59.5. The molecule has 0 saturated heterocycles. The lowest BCUT2D eigenvalue weighted by atomic mass is 9.98. The van der Waals surface area contributed by atoms with Crippen LogP contribution in [0.25, 0.3) is 11.1 Å². The highest BCUT2D eigenvalue weighted by Crippen LogP contribution is 2.44. The smallest absolute Gasteiger partial charge is 0.407 e. The van der Waals surface area contributed by atoms with Crippen LogP contribution in [-0.4, -0.2) is 67.3 Å². The quantitative estimate of drug-likeness (QED) is 0.210. The second-order valence-corrected chi connectivity index (χ2v) is 9.03. The highest BCUT2D eigenvalue weighted by atomic mass is 16.5. The van der Waals surface area contributed by atoms with Crippen LogP contribution in [0.15, 0.2) is 48.5 Å². The Labute approximate surface area is 226 Å². The zero-order valence-electron chi connectivity index (χ0n) is 21.7. The van der Waals surface area contributed by atoms with Crippen molar-refractivity contribution >= 4 is 29.8 Å². The van der Waals surface area contributed by atoms with Crippen LogP contribution in [0.2, 0.25) is 0 Å². The van der Waals surface area contributed by atoms with Gasteiger partial charge in [0.05, 0.1) is 6.61 Å². The maximum atomic E-state index is 12.3. The average molecular weight is 540 g/mol. The van der Waals surface area contributed by atoms with Gasteiger partial charge in [0, 0.05) is 12.3 Å². The Hall–Kier alpha value is -4.41. The SMILES string of the molecule is CCCCOC(=O)CNC(=O)CCC(NC(=O)CNC(=O)OCC1c2ccccc2-c2ccccc21)C(=O)O. The first-order chi connectivity index (χ1) is 18.8. The molecule has 1 atom stereocenters. The Morgan fingerprint density at radius 2 is 1.51 bits per heavy atom. The number of carbonyl (C=O) groups is 5. The van der Waals surface area contributed by atoms with Gasteiger partial charge in [-0.1, -0.05) is 61.9 Å². The van der Waals surface area contributed by atoms with Crippen LogP contribution < -0.4 is 16.0 Å². The van der Waals surface area contributed by atoms with Gasteiger partial charge in [0.2, 0.25) is 11.8 Å². The molecule has 0 spiro atoms. The zero-order valence-corrected chi connectivity index (χ0v) is 21.7. The molecule has 11 heteroatoms. The lowest BCUT2D eigenvalue weighted by Crippen LogP contribution is -2.46. The molecule has 11 nitrogen and oxygen atoms in total. The molecule has 0 heterocycles. The number of unbranched alkanes of at least 4 members (excludes halogenated alkanes) is 1. The van der Waals surface area contributed by atoms with Gasteiger partial charge in [0.25, 0.3) is 0 Å². The number of hydrogen-bond acceptors (Lipinski definition) is 7. The minimum Gasteiger partial charge on any atom is -0.480 e. The number of rotatable bonds is 14. The summed E-state index contributed by atoms with van der Waals surface area (Å²) in [5, 5.41) is 16.3. The number of aliphatic carboxylic acids is 1. The summed E-state index contributed by atoms with van der Waals surface area (Å²) < 4.78 is 10.3. The summed E-state index contributed by atoms with van der Waals surface area (Å²) in [5.74, 6) is -3.37. The number of esters is 1. The number of carbonyl (C=O) groups excluding carboxylic acids is 4. The number of amides is 3. The third kappa shape index (κ3) is 8.56. The summed E-state index contributed by atoms with van der Waals surface area (Å²) in [7, 11) is 0. The predicted octanol–water partition coefficient (Wildman–Crippen LogP) is 2.33. The summed E-state index contributed by atoms with van der Waals surface area (Å²) in [5.41, 5.74) is 4.26. The topological polar surface area (TPSA) is 160 Å². The fraction of sp³-hybridized carbons (Fsp3) is 0.393. The Morgan fingerprint density at radius 1 is 0.872 bits per heavy atom. The van der Waals surface area contributed by atoms with Gasteiger partial charge in [-0.15, -0.1) is 0 Å². The van der Waals surface area contributed by atoms with Gasteiger partial charge in [0.1, 0.15) is 25.7 Å². The summed E-state index contributed by atoms with van der Waals surface area (Å²) in [6.07, 6.45) is 0.324. The van der Waals surface area contributed by atoms with Gasteiger partial charge < -0.3 is 30.5 Å². The van der Waals surface area contributed by atoms with Crippen molar-refractivity contribution in [1.29, 1.82) is 0 Å². The number of nitrogens with one attached hydrogen (secondary N) is 3. The van der Waals surface area contributed by atoms with Crippen molar-refractivity contribution in [1.82, 2.24) is 16.0 Å². The van der Waals surface area contributed by atoms with E-state index in [1.807, 2.05) is 55.5 Å². The number of ether oxygens (including phenoxy) is 2. The molecule has 2 aromatic carbocycles. The number of benzene rings is 2. The van der Waals surface area contributed by atoms with Crippen molar-refractivity contribution in [2.45, 2.75) is 44.6 Å². The molecule has 4 N–H and O–H groups in total. The molecule has 208 valence electrons. The van der Waals surface area contributed by atoms with Gasteiger partial charge in [0.15, 0.2) is 0 Å². The molecule has 2 aromatic rings. The Bertz CT molecular complexity index is 1150. The van der Waals surface area contributed by atoms with E-state index < -0.39 is 42.4 Å². The third-order valence-electron chi connectivity index (χ3n) is 6.22. The van der Waals surface area contributed by atoms with Crippen molar-refractivity contribution < 1.29 is 38.6 Å². The number of carboxylic acid groups (broad SMARTS) is 1. The standard InChI is InChI=1S/C28H33N3O8/c1-2-3-14-38-26(34)16-29-24(32)13-12-23(27(35)36)31-25(33)15-30-28(37)39-17-22-20-10-6-4-8-18(20)19-9-5-7-11-21(19)22/h4-11,22-23H,2-3,12-17H2,1H3,(H,29,32)(H,30,37)(H,31,33)(H,35,36). The minimum atomic E-state index is -1.36. The van der Waals surface area contributed by atoms with Gasteiger partial charge in [-0.2, -0.15) is 0 Å². The molecule has 39 heavy (non-hydrogen) atoms. The third-order valence-corrected chi connectivity index (χ3v) is 6.22. The molecular weight excluding hydrogens is 506 g/mol. The Morgan fingerprint density at radius 3 is 2.13 bits per heavy atom. The van der Waals surface area contributed by atoms with E-state index >= 15 is 0 Å². The summed E-state index contributed by atoms with van der Waals surface area (Å²) in [6.45, 7) is 1.46. The van der Waals surface area contributed by atoms with Crippen LogP contribution in [-0.2, 0) is 28.7 Å². The molecule has 0 saturated carbocycles. The maximum Gasteiger partial charge on any atom is 0.407 e. The van der Waals surface area contributed by atoms with Crippen molar-refractivity contribution in [2.24, 2.45) is 0 Å². The fourth-order valence-corrected chi connectivity index (χ4v) is 4.22. The van der Waals surface area contributed by atoms with E-state index in [-0.39, 0.29) is 38.5 Å². The van der Waals surface area contributed by atoms with E-state index in [2.05, 4.69) is 16.0 Å². The minimum absolute atomic E-state index is 0.0699. The predicted molar refractivity (Wildman–Crippen MR) is 141 cm³/mol. The highest BCUT2D eigenvalue weighted by molar-refractivity contribution is 5.87. The lowest BCUT2D eigenvalue weighted by Gasteiger charge is -2.16. The van der Waals surface area contributed by atoms with E-state index in [9.17, 15) is 29.1 Å². The molecule has 3 rings (SSSR count). The van der Waals surface area contributed by atoms with Gasteiger partial charge in [-0.05, 0) is 35.1 Å². The summed E-state index contributed by atoms with van der Waals surface area (Å²) >= 11 is 0. The van der Waals surface area contributed by atoms with Crippen molar-refractivity contribution in [2.75, 3.05) is 26.3 Å². The first kappa shape index (κ1) is 29.2. The number of hydrogen-bond donors (Lipinski definition) is 4. The lowest BCUT2D eigenvalue weighted by molar-refractivity contribution is -0.144. The normalized spacial score (nSPS) is 12.4. The number of fused-ring (bicyclic) bond motifs is 3. The molecule has 0 radical (unpaired) electrons. The van der Waals surface area contributed by atoms with Crippen molar-refractivity contribution in [3.63, 3.8) is 0 Å². The van der Waals surface area contributed by atoms with Crippen LogP contribution in [0.4, 0.5) is 4.79 Å². The van der Waals surface area contributed by atoms with Crippen LogP contribution >= 0.6 is 0 Å². The Balaban J connectivity index is 1.39. The van der Waals surface area contributed by atoms with E-state index in [0.717, 1.165) is 35.1 Å². The van der Waals surface area contributed by atoms with Crippen LogP contribution in [0.3, 0.4) is 0 Å². The van der Waals surface area contributed by atoms with E-state index in [0.29, 0.717) is 0 Å².